The van der Waals surface area contributed by atoms with Gasteiger partial charge in [-0.15, -0.1) is 0 Å². The quantitative estimate of drug-likeness (QED) is 0.256. The zero-order valence-corrected chi connectivity index (χ0v) is 6.65. The van der Waals surface area contributed by atoms with Crippen molar-refractivity contribution in [1.82, 2.24) is 0 Å². The molecule has 0 spiro atoms. The Labute approximate surface area is 70.1 Å². The van der Waals surface area contributed by atoms with Gasteiger partial charge in [0.2, 0.25) is 0 Å². The molecule has 70 valence electrons. The van der Waals surface area contributed by atoms with Gasteiger partial charge in [0, 0.05) is 6.61 Å². The van der Waals surface area contributed by atoms with Crippen molar-refractivity contribution in [3.05, 3.63) is 12.2 Å². The van der Waals surface area contributed by atoms with Crippen LogP contribution in [0.5, 0.6) is 0 Å². The first-order valence-corrected chi connectivity index (χ1v) is 3.43. The number of rotatable bonds is 7. The van der Waals surface area contributed by atoms with Crippen molar-refractivity contribution in [2.24, 2.45) is 0 Å². The highest BCUT2D eigenvalue weighted by atomic mass is 17.1. The van der Waals surface area contributed by atoms with Gasteiger partial charge < -0.3 is 9.84 Å². The highest BCUT2D eigenvalue weighted by Gasteiger charge is 2.02. The molecule has 0 unspecified atom stereocenters. The van der Waals surface area contributed by atoms with Crippen molar-refractivity contribution in [2.45, 2.75) is 6.42 Å². The lowest BCUT2D eigenvalue weighted by Gasteiger charge is -2.02. The van der Waals surface area contributed by atoms with Gasteiger partial charge in [0.25, 0.3) is 0 Å². The third-order valence-corrected chi connectivity index (χ3v) is 1.10. The summed E-state index contributed by atoms with van der Waals surface area (Å²) in [6.07, 6.45) is 0.517. The topological polar surface area (TPSA) is 76.0 Å². The fourth-order valence-electron chi connectivity index (χ4n) is 0.483. The number of ether oxygens (including phenoxy) is 1. The predicted molar refractivity (Wildman–Crippen MR) is 40.8 cm³/mol. The van der Waals surface area contributed by atoms with E-state index in [-0.39, 0.29) is 18.8 Å². The summed E-state index contributed by atoms with van der Waals surface area (Å²) in [4.78, 5) is 14.0. The fraction of sp³-hybridized carbons (Fsp3) is 0.571. The number of carboxylic acid groups (broad SMARTS) is 1. The first-order chi connectivity index (χ1) is 5.68. The standard InChI is InChI=1S/C7H12O5/c1-6(7(8)9)5-11-3-2-4-12-10/h10H,1-5H2,(H,8,9). The fourth-order valence-corrected chi connectivity index (χ4v) is 0.483. The molecule has 0 bridgehead atoms. The highest BCUT2D eigenvalue weighted by Crippen LogP contribution is 1.92. The summed E-state index contributed by atoms with van der Waals surface area (Å²) in [6.45, 7) is 3.79. The Hall–Kier alpha value is -0.910. The lowest BCUT2D eigenvalue weighted by molar-refractivity contribution is -0.243. The first-order valence-electron chi connectivity index (χ1n) is 3.43. The number of aliphatic carboxylic acids is 1. The van der Waals surface area contributed by atoms with Crippen LogP contribution in [0.2, 0.25) is 0 Å². The molecule has 0 atom stereocenters. The van der Waals surface area contributed by atoms with E-state index >= 15 is 0 Å². The van der Waals surface area contributed by atoms with Crippen LogP contribution in [0.4, 0.5) is 0 Å². The van der Waals surface area contributed by atoms with Crippen molar-refractivity contribution >= 4 is 5.97 Å². The van der Waals surface area contributed by atoms with E-state index in [2.05, 4.69) is 11.5 Å². The van der Waals surface area contributed by atoms with Crippen molar-refractivity contribution in [3.8, 4) is 0 Å². The molecule has 0 aliphatic rings. The summed E-state index contributed by atoms with van der Waals surface area (Å²) in [5, 5.41) is 16.2. The minimum atomic E-state index is -1.06. The minimum Gasteiger partial charge on any atom is -0.478 e. The van der Waals surface area contributed by atoms with Crippen LogP contribution in [0.15, 0.2) is 12.2 Å². The van der Waals surface area contributed by atoms with Gasteiger partial charge in [-0.1, -0.05) is 6.58 Å². The Kier molecular flexibility index (Phi) is 6.26. The smallest absolute Gasteiger partial charge is 0.333 e. The van der Waals surface area contributed by atoms with Gasteiger partial charge in [0.15, 0.2) is 0 Å². The monoisotopic (exact) mass is 176 g/mol. The molecule has 0 fully saturated rings. The van der Waals surface area contributed by atoms with Crippen molar-refractivity contribution in [2.75, 3.05) is 19.8 Å². The Morgan fingerprint density at radius 3 is 2.58 bits per heavy atom. The molecule has 0 aromatic heterocycles. The van der Waals surface area contributed by atoms with Crippen LogP contribution in [-0.2, 0) is 14.4 Å². The average molecular weight is 176 g/mol. The van der Waals surface area contributed by atoms with Crippen LogP contribution >= 0.6 is 0 Å². The molecule has 0 saturated heterocycles. The van der Waals surface area contributed by atoms with E-state index in [1.807, 2.05) is 0 Å². The van der Waals surface area contributed by atoms with Crippen LogP contribution in [-0.4, -0.2) is 36.2 Å². The predicted octanol–water partition coefficient (Wildman–Crippen LogP) is 0.523. The van der Waals surface area contributed by atoms with Crippen molar-refractivity contribution < 1.29 is 24.8 Å². The second-order valence-electron chi connectivity index (χ2n) is 2.15. The summed E-state index contributed by atoms with van der Waals surface area (Å²) in [5.41, 5.74) is 0.0138. The first kappa shape index (κ1) is 11.1. The summed E-state index contributed by atoms with van der Waals surface area (Å²) in [5.74, 6) is -1.06. The Morgan fingerprint density at radius 2 is 2.08 bits per heavy atom. The number of carbonyl (C=O) groups is 1. The zero-order chi connectivity index (χ0) is 9.40. The molecule has 0 aliphatic carbocycles. The molecule has 0 heterocycles. The zero-order valence-electron chi connectivity index (χ0n) is 6.65. The molecule has 5 nitrogen and oxygen atoms in total. The molecule has 0 saturated carbocycles. The molecule has 2 N–H and O–H groups in total. The van der Waals surface area contributed by atoms with Gasteiger partial charge in [0.05, 0.1) is 18.8 Å². The van der Waals surface area contributed by atoms with Crippen LogP contribution in [0.1, 0.15) is 6.42 Å². The molecule has 0 aromatic carbocycles. The molecule has 0 aromatic rings. The van der Waals surface area contributed by atoms with E-state index in [0.717, 1.165) is 0 Å². The number of hydrogen-bond donors (Lipinski definition) is 2. The molecule has 0 aliphatic heterocycles. The van der Waals surface area contributed by atoms with Gasteiger partial charge in [-0.3, -0.25) is 5.26 Å². The maximum absolute atomic E-state index is 10.2. The molecule has 0 amide bonds. The third kappa shape index (κ3) is 5.84. The van der Waals surface area contributed by atoms with E-state index in [1.54, 1.807) is 0 Å². The van der Waals surface area contributed by atoms with E-state index in [4.69, 9.17) is 15.1 Å². The molecule has 5 heteroatoms. The Bertz CT molecular complexity index is 154. The minimum absolute atomic E-state index is 0.000756. The average Bonchev–Trinajstić information content (AvgIpc) is 2.03. The van der Waals surface area contributed by atoms with Crippen molar-refractivity contribution in [3.63, 3.8) is 0 Å². The van der Waals surface area contributed by atoms with E-state index in [1.165, 1.54) is 0 Å². The Balaban J connectivity index is 3.20. The van der Waals surface area contributed by atoms with Crippen LogP contribution in [0.3, 0.4) is 0 Å². The SMILES string of the molecule is C=C(COCCCOO)C(=O)O. The molecular formula is C7H12O5. The Morgan fingerprint density at radius 1 is 1.42 bits per heavy atom. The van der Waals surface area contributed by atoms with Crippen LogP contribution in [0.25, 0.3) is 0 Å². The third-order valence-electron chi connectivity index (χ3n) is 1.10. The molecule has 12 heavy (non-hydrogen) atoms. The van der Waals surface area contributed by atoms with Gasteiger partial charge >= 0.3 is 5.97 Å². The summed E-state index contributed by atoms with van der Waals surface area (Å²) in [7, 11) is 0. The van der Waals surface area contributed by atoms with Gasteiger partial charge in [-0.25, -0.2) is 9.68 Å². The number of carboxylic acids is 1. The van der Waals surface area contributed by atoms with Crippen LogP contribution in [0, 0.1) is 0 Å². The van der Waals surface area contributed by atoms with E-state index < -0.39 is 5.97 Å². The maximum atomic E-state index is 10.2. The second-order valence-corrected chi connectivity index (χ2v) is 2.15. The lowest BCUT2D eigenvalue weighted by Crippen LogP contribution is -2.08. The van der Waals surface area contributed by atoms with E-state index in [9.17, 15) is 4.79 Å². The number of hydrogen-bond acceptors (Lipinski definition) is 4. The molecule has 0 radical (unpaired) electrons. The lowest BCUT2D eigenvalue weighted by atomic mass is 10.3. The normalized spacial score (nSPS) is 9.75. The molecular weight excluding hydrogens is 164 g/mol. The van der Waals surface area contributed by atoms with Crippen molar-refractivity contribution in [1.29, 1.82) is 0 Å². The second kappa shape index (κ2) is 6.78. The molecule has 0 rings (SSSR count). The summed E-state index contributed by atoms with van der Waals surface area (Å²) < 4.78 is 4.89. The summed E-state index contributed by atoms with van der Waals surface area (Å²) in [6, 6.07) is 0. The maximum Gasteiger partial charge on any atom is 0.333 e. The van der Waals surface area contributed by atoms with E-state index in [0.29, 0.717) is 13.0 Å². The van der Waals surface area contributed by atoms with Crippen LogP contribution < -0.4 is 0 Å². The van der Waals surface area contributed by atoms with Gasteiger partial charge in [0.1, 0.15) is 0 Å². The van der Waals surface area contributed by atoms with Gasteiger partial charge in [-0.2, -0.15) is 0 Å². The van der Waals surface area contributed by atoms with Gasteiger partial charge in [-0.05, 0) is 6.42 Å². The largest absolute Gasteiger partial charge is 0.478 e. The summed E-state index contributed by atoms with van der Waals surface area (Å²) >= 11 is 0. The highest BCUT2D eigenvalue weighted by molar-refractivity contribution is 5.85.